The van der Waals surface area contributed by atoms with Gasteiger partial charge in [0.1, 0.15) is 12.4 Å². The lowest BCUT2D eigenvalue weighted by Crippen LogP contribution is -2.47. The van der Waals surface area contributed by atoms with Gasteiger partial charge in [-0.15, -0.1) is 0 Å². The third-order valence-electron chi connectivity index (χ3n) is 5.77. The highest BCUT2D eigenvalue weighted by molar-refractivity contribution is 5.91. The minimum absolute atomic E-state index is 0.0594. The second-order valence-corrected chi connectivity index (χ2v) is 7.94. The van der Waals surface area contributed by atoms with Crippen LogP contribution in [0.5, 0.6) is 5.75 Å². The number of nitrogens with zero attached hydrogens (tertiary/aromatic N) is 2. The molecule has 33 heavy (non-hydrogen) atoms. The highest BCUT2D eigenvalue weighted by Gasteiger charge is 2.38. The average Bonchev–Trinajstić information content (AvgIpc) is 3.22. The van der Waals surface area contributed by atoms with Gasteiger partial charge in [0.2, 0.25) is 5.91 Å². The molecular formula is C24H23F3N2O4. The van der Waals surface area contributed by atoms with Gasteiger partial charge < -0.3 is 19.3 Å². The molecule has 1 atom stereocenters. The molecular weight excluding hydrogens is 437 g/mol. The summed E-state index contributed by atoms with van der Waals surface area (Å²) in [6.07, 6.45) is 2.64. The molecule has 0 radical (unpaired) electrons. The molecule has 0 spiro atoms. The minimum Gasteiger partial charge on any atom is -0.490 e. The van der Waals surface area contributed by atoms with E-state index in [2.05, 4.69) is 0 Å². The van der Waals surface area contributed by atoms with Crippen LogP contribution in [-0.4, -0.2) is 60.2 Å². The lowest BCUT2D eigenvalue weighted by molar-refractivity contribution is -0.127. The van der Waals surface area contributed by atoms with Crippen LogP contribution in [0.2, 0.25) is 0 Å². The van der Waals surface area contributed by atoms with Crippen LogP contribution in [0.25, 0.3) is 6.08 Å². The summed E-state index contributed by atoms with van der Waals surface area (Å²) in [5.74, 6) is -3.86. The van der Waals surface area contributed by atoms with Gasteiger partial charge in [-0.1, -0.05) is 18.2 Å². The van der Waals surface area contributed by atoms with Crippen molar-refractivity contribution in [2.45, 2.75) is 25.0 Å². The van der Waals surface area contributed by atoms with Crippen LogP contribution in [0.1, 0.15) is 18.4 Å². The van der Waals surface area contributed by atoms with Crippen LogP contribution in [0.3, 0.4) is 0 Å². The number of hydrogen-bond donors (Lipinski definition) is 0. The van der Waals surface area contributed by atoms with Gasteiger partial charge in [-0.05, 0) is 43.2 Å². The van der Waals surface area contributed by atoms with Crippen LogP contribution in [0.15, 0.2) is 48.5 Å². The van der Waals surface area contributed by atoms with E-state index in [0.29, 0.717) is 38.2 Å². The number of hydrogen-bond acceptors (Lipinski definition) is 4. The summed E-state index contributed by atoms with van der Waals surface area (Å²) in [5, 5.41) is 0. The molecule has 4 rings (SSSR count). The summed E-state index contributed by atoms with van der Waals surface area (Å²) < 4.78 is 51.2. The minimum atomic E-state index is -1.57. The molecule has 2 fully saturated rings. The van der Waals surface area contributed by atoms with Crippen molar-refractivity contribution in [3.63, 3.8) is 0 Å². The maximum absolute atomic E-state index is 13.7. The summed E-state index contributed by atoms with van der Waals surface area (Å²) in [7, 11) is 0. The van der Waals surface area contributed by atoms with Crippen LogP contribution in [-0.2, 0) is 9.53 Å². The number of piperidine rings is 1. The lowest BCUT2D eigenvalue weighted by Gasteiger charge is -2.35. The van der Waals surface area contributed by atoms with Gasteiger partial charge in [0, 0.05) is 30.8 Å². The zero-order valence-corrected chi connectivity index (χ0v) is 17.8. The van der Waals surface area contributed by atoms with Crippen molar-refractivity contribution in [3.8, 4) is 5.75 Å². The van der Waals surface area contributed by atoms with Crippen molar-refractivity contribution in [1.82, 2.24) is 9.80 Å². The number of ether oxygens (including phenoxy) is 2. The maximum atomic E-state index is 13.7. The Morgan fingerprint density at radius 1 is 1.06 bits per heavy atom. The molecule has 0 N–H and O–H groups in total. The molecule has 2 aliphatic heterocycles. The Morgan fingerprint density at radius 3 is 2.52 bits per heavy atom. The first-order chi connectivity index (χ1) is 15.9. The SMILES string of the molecule is O=C(C=Cc1ccc(F)c(F)c1F)N1CCC(N2CC(COc3ccccc3)OC2=O)CC1. The summed E-state index contributed by atoms with van der Waals surface area (Å²) >= 11 is 0. The Bertz CT molecular complexity index is 1040. The molecule has 2 aromatic rings. The number of cyclic esters (lactones) is 1. The second kappa shape index (κ2) is 9.97. The van der Waals surface area contributed by atoms with Gasteiger partial charge in [-0.3, -0.25) is 4.79 Å². The van der Waals surface area contributed by atoms with Gasteiger partial charge in [0.15, 0.2) is 23.6 Å². The Balaban J connectivity index is 1.26. The molecule has 2 aliphatic rings. The van der Waals surface area contributed by atoms with E-state index in [4.69, 9.17) is 9.47 Å². The first-order valence-corrected chi connectivity index (χ1v) is 10.7. The van der Waals surface area contributed by atoms with Crippen molar-refractivity contribution in [2.75, 3.05) is 26.2 Å². The Morgan fingerprint density at radius 2 is 1.79 bits per heavy atom. The number of halogens is 3. The number of amides is 2. The first kappa shape index (κ1) is 22.7. The number of likely N-dealkylation sites (tertiary alicyclic amines) is 1. The standard InChI is InChI=1S/C24H23F3N2O4/c25-20-8-6-16(22(26)23(20)27)7-9-21(30)28-12-10-17(11-13-28)29-14-19(33-24(29)31)15-32-18-4-2-1-3-5-18/h1-9,17,19H,10-15H2. The third kappa shape index (κ3) is 5.30. The molecule has 1 unspecified atom stereocenters. The zero-order valence-electron chi connectivity index (χ0n) is 17.8. The van der Waals surface area contributed by atoms with Crippen LogP contribution in [0.4, 0.5) is 18.0 Å². The molecule has 2 aromatic carbocycles. The molecule has 0 saturated carbocycles. The van der Waals surface area contributed by atoms with Crippen molar-refractivity contribution in [1.29, 1.82) is 0 Å². The smallest absolute Gasteiger partial charge is 0.410 e. The predicted molar refractivity (Wildman–Crippen MR) is 114 cm³/mol. The van der Waals surface area contributed by atoms with Gasteiger partial charge in [-0.25, -0.2) is 18.0 Å². The van der Waals surface area contributed by atoms with E-state index in [0.717, 1.165) is 24.3 Å². The van der Waals surface area contributed by atoms with E-state index in [1.54, 1.807) is 9.80 Å². The molecule has 2 amide bonds. The van der Waals surface area contributed by atoms with Crippen molar-refractivity contribution < 1.29 is 32.2 Å². The first-order valence-electron chi connectivity index (χ1n) is 10.7. The van der Waals surface area contributed by atoms with E-state index < -0.39 is 23.5 Å². The fourth-order valence-electron chi connectivity index (χ4n) is 3.97. The molecule has 174 valence electrons. The molecule has 0 aliphatic carbocycles. The van der Waals surface area contributed by atoms with E-state index in [1.165, 1.54) is 0 Å². The van der Waals surface area contributed by atoms with E-state index in [-0.39, 0.29) is 30.2 Å². The molecule has 0 bridgehead atoms. The summed E-state index contributed by atoms with van der Waals surface area (Å²) in [6, 6.07) is 11.1. The summed E-state index contributed by atoms with van der Waals surface area (Å²) in [4.78, 5) is 28.0. The Kier molecular flexibility index (Phi) is 6.86. The molecule has 2 heterocycles. The molecule has 9 heteroatoms. The topological polar surface area (TPSA) is 59.1 Å². The van der Waals surface area contributed by atoms with Crippen LogP contribution >= 0.6 is 0 Å². The summed E-state index contributed by atoms with van der Waals surface area (Å²) in [5.41, 5.74) is -0.208. The zero-order chi connectivity index (χ0) is 23.4. The molecule has 0 aromatic heterocycles. The number of benzene rings is 2. The molecule has 2 saturated heterocycles. The fourth-order valence-corrected chi connectivity index (χ4v) is 3.97. The highest BCUT2D eigenvalue weighted by Crippen LogP contribution is 2.24. The number of carbonyl (C=O) groups is 2. The third-order valence-corrected chi connectivity index (χ3v) is 5.77. The highest BCUT2D eigenvalue weighted by atomic mass is 19.2. The number of rotatable bonds is 6. The molecule has 6 nitrogen and oxygen atoms in total. The number of carbonyl (C=O) groups excluding carboxylic acids is 2. The van der Waals surface area contributed by atoms with Gasteiger partial charge in [0.05, 0.1) is 6.54 Å². The Hall–Kier alpha value is -3.49. The van der Waals surface area contributed by atoms with Gasteiger partial charge in [-0.2, -0.15) is 0 Å². The second-order valence-electron chi connectivity index (χ2n) is 7.94. The quantitative estimate of drug-likeness (QED) is 0.483. The normalized spacial score (nSPS) is 19.2. The van der Waals surface area contributed by atoms with E-state index in [1.807, 2.05) is 30.3 Å². The number of para-hydroxylation sites is 1. The van der Waals surface area contributed by atoms with E-state index >= 15 is 0 Å². The van der Waals surface area contributed by atoms with Gasteiger partial charge >= 0.3 is 6.09 Å². The largest absolute Gasteiger partial charge is 0.490 e. The van der Waals surface area contributed by atoms with Crippen LogP contribution in [0, 0.1) is 17.5 Å². The summed E-state index contributed by atoms with van der Waals surface area (Å²) in [6.45, 7) is 1.49. The van der Waals surface area contributed by atoms with Gasteiger partial charge in [0.25, 0.3) is 0 Å². The lowest BCUT2D eigenvalue weighted by atomic mass is 10.0. The Labute approximate surface area is 189 Å². The fraction of sp³-hybridized carbons (Fsp3) is 0.333. The van der Waals surface area contributed by atoms with Crippen LogP contribution < -0.4 is 4.74 Å². The van der Waals surface area contributed by atoms with Crippen molar-refractivity contribution >= 4 is 18.1 Å². The van der Waals surface area contributed by atoms with E-state index in [9.17, 15) is 22.8 Å². The maximum Gasteiger partial charge on any atom is 0.410 e. The predicted octanol–water partition coefficient (Wildman–Crippen LogP) is 4.01. The monoisotopic (exact) mass is 460 g/mol. The van der Waals surface area contributed by atoms with Crippen molar-refractivity contribution in [3.05, 3.63) is 71.6 Å². The average molecular weight is 460 g/mol. The van der Waals surface area contributed by atoms with Crippen molar-refractivity contribution in [2.24, 2.45) is 0 Å².